The molecule has 0 saturated carbocycles. The predicted octanol–water partition coefficient (Wildman–Crippen LogP) is 6.76. The summed E-state index contributed by atoms with van der Waals surface area (Å²) in [6.45, 7) is 6.09. The van der Waals surface area contributed by atoms with Crippen molar-refractivity contribution >= 4 is 0 Å². The van der Waals surface area contributed by atoms with Crippen molar-refractivity contribution in [3.8, 4) is 33.6 Å². The van der Waals surface area contributed by atoms with Gasteiger partial charge in [0.25, 0.3) is 0 Å². The zero-order valence-electron chi connectivity index (χ0n) is 17.1. The molecule has 1 aromatic carbocycles. The van der Waals surface area contributed by atoms with E-state index in [0.717, 1.165) is 33.6 Å². The minimum absolute atomic E-state index is 0.908. The van der Waals surface area contributed by atoms with Crippen LogP contribution in [0.25, 0.3) is 33.6 Å². The first kappa shape index (κ1) is 20.2. The highest BCUT2D eigenvalue weighted by Gasteiger charge is 2.09. The molecule has 0 unspecified atom stereocenters. The van der Waals surface area contributed by atoms with Crippen LogP contribution in [0.1, 0.15) is 19.4 Å². The molecule has 0 bridgehead atoms. The average Bonchev–Trinajstić information content (AvgIpc) is 2.80. The lowest BCUT2D eigenvalue weighted by Gasteiger charge is -2.10. The van der Waals surface area contributed by atoms with E-state index in [4.69, 9.17) is 4.98 Å². The maximum absolute atomic E-state index is 4.88. The first-order valence-corrected chi connectivity index (χ1v) is 9.68. The van der Waals surface area contributed by atoms with E-state index in [2.05, 4.69) is 59.4 Å². The van der Waals surface area contributed by atoms with Crippen LogP contribution in [-0.4, -0.2) is 15.0 Å². The standard InChI is InChI=1S/C22H17N3.C4H8/c1-16-5-2-6-17(11-16)21-12-20(18-7-3-9-23-14-18)13-22(25-21)19-8-4-10-24-15-19;1-3-4-2/h2-15H,1H3;3-4H,1-2H3/b;4-3-. The fourth-order valence-electron chi connectivity index (χ4n) is 2.85. The van der Waals surface area contributed by atoms with Crippen molar-refractivity contribution in [2.24, 2.45) is 0 Å². The van der Waals surface area contributed by atoms with Gasteiger partial charge >= 0.3 is 0 Å². The van der Waals surface area contributed by atoms with Gasteiger partial charge in [0.2, 0.25) is 0 Å². The Hall–Kier alpha value is -3.59. The van der Waals surface area contributed by atoms with Gasteiger partial charge < -0.3 is 0 Å². The van der Waals surface area contributed by atoms with Crippen molar-refractivity contribution in [1.29, 1.82) is 0 Å². The summed E-state index contributed by atoms with van der Waals surface area (Å²) in [5, 5.41) is 0. The molecule has 0 N–H and O–H groups in total. The molecule has 144 valence electrons. The fourth-order valence-corrected chi connectivity index (χ4v) is 2.85. The summed E-state index contributed by atoms with van der Waals surface area (Å²) in [7, 11) is 0. The van der Waals surface area contributed by atoms with Gasteiger partial charge in [-0.25, -0.2) is 4.98 Å². The topological polar surface area (TPSA) is 38.7 Å². The third kappa shape index (κ3) is 5.45. The van der Waals surface area contributed by atoms with Crippen molar-refractivity contribution in [3.05, 3.63) is 103 Å². The van der Waals surface area contributed by atoms with E-state index >= 15 is 0 Å². The molecule has 3 aromatic heterocycles. The molecule has 0 radical (unpaired) electrons. The maximum atomic E-state index is 4.88. The molecule has 3 nitrogen and oxygen atoms in total. The van der Waals surface area contributed by atoms with Crippen molar-refractivity contribution in [3.63, 3.8) is 0 Å². The molecule has 3 heteroatoms. The quantitative estimate of drug-likeness (QED) is 0.369. The molecule has 4 rings (SSSR count). The highest BCUT2D eigenvalue weighted by molar-refractivity contribution is 5.76. The first-order chi connectivity index (χ1) is 14.2. The normalized spacial score (nSPS) is 10.4. The Kier molecular flexibility index (Phi) is 7.01. The number of benzene rings is 1. The molecule has 0 spiro atoms. The van der Waals surface area contributed by atoms with Crippen LogP contribution in [0.5, 0.6) is 0 Å². The van der Waals surface area contributed by atoms with Gasteiger partial charge in [-0.3, -0.25) is 9.97 Å². The molecule has 0 fully saturated rings. The molecule has 0 amide bonds. The maximum Gasteiger partial charge on any atom is 0.0731 e. The van der Waals surface area contributed by atoms with Crippen LogP contribution in [0.2, 0.25) is 0 Å². The third-order valence-corrected chi connectivity index (χ3v) is 4.42. The second-order valence-corrected chi connectivity index (χ2v) is 6.65. The van der Waals surface area contributed by atoms with E-state index < -0.39 is 0 Å². The molecule has 29 heavy (non-hydrogen) atoms. The van der Waals surface area contributed by atoms with Crippen molar-refractivity contribution in [2.45, 2.75) is 20.8 Å². The second kappa shape index (κ2) is 10.1. The summed E-state index contributed by atoms with van der Waals surface area (Å²) >= 11 is 0. The summed E-state index contributed by atoms with van der Waals surface area (Å²) in [5.74, 6) is 0. The molecule has 0 aliphatic carbocycles. The molecule has 3 heterocycles. The highest BCUT2D eigenvalue weighted by Crippen LogP contribution is 2.29. The Morgan fingerprint density at radius 2 is 1.21 bits per heavy atom. The Bertz CT molecular complexity index is 1010. The highest BCUT2D eigenvalue weighted by atomic mass is 14.7. The van der Waals surface area contributed by atoms with E-state index in [-0.39, 0.29) is 0 Å². The van der Waals surface area contributed by atoms with Crippen LogP contribution in [-0.2, 0) is 0 Å². The van der Waals surface area contributed by atoms with Gasteiger partial charge in [-0.15, -0.1) is 0 Å². The SMILES string of the molecule is C/C=C\C.Cc1cccc(-c2cc(-c3cccnc3)cc(-c3cccnc3)n2)c1. The van der Waals surface area contributed by atoms with Crippen LogP contribution >= 0.6 is 0 Å². The van der Waals surface area contributed by atoms with Crippen LogP contribution in [0, 0.1) is 6.92 Å². The van der Waals surface area contributed by atoms with E-state index in [1.54, 1.807) is 12.4 Å². The van der Waals surface area contributed by atoms with Crippen LogP contribution in [0.15, 0.2) is 97.6 Å². The molecule has 0 aliphatic heterocycles. The van der Waals surface area contributed by atoms with Gasteiger partial charge in [0.15, 0.2) is 0 Å². The summed E-state index contributed by atoms with van der Waals surface area (Å²) in [6, 6.07) is 20.6. The predicted molar refractivity (Wildman–Crippen MR) is 121 cm³/mol. The number of allylic oxidation sites excluding steroid dienone is 2. The van der Waals surface area contributed by atoms with Gasteiger partial charge in [0.1, 0.15) is 0 Å². The zero-order valence-corrected chi connectivity index (χ0v) is 17.1. The number of aromatic nitrogens is 3. The lowest BCUT2D eigenvalue weighted by atomic mass is 10.0. The molecular formula is C26H25N3. The van der Waals surface area contributed by atoms with Crippen LogP contribution in [0.4, 0.5) is 0 Å². The van der Waals surface area contributed by atoms with E-state index in [1.165, 1.54) is 5.56 Å². The van der Waals surface area contributed by atoms with Gasteiger partial charge in [0, 0.05) is 41.5 Å². The molecule has 4 aromatic rings. The fraction of sp³-hybridized carbons (Fsp3) is 0.115. The lowest BCUT2D eigenvalue weighted by molar-refractivity contribution is 1.27. The first-order valence-electron chi connectivity index (χ1n) is 9.68. The number of hydrogen-bond donors (Lipinski definition) is 0. The number of aryl methyl sites for hydroxylation is 1. The largest absolute Gasteiger partial charge is 0.264 e. The molecular weight excluding hydrogens is 354 g/mol. The van der Waals surface area contributed by atoms with Crippen molar-refractivity contribution in [2.75, 3.05) is 0 Å². The summed E-state index contributed by atoms with van der Waals surface area (Å²) < 4.78 is 0. The Morgan fingerprint density at radius 1 is 0.621 bits per heavy atom. The minimum atomic E-state index is 0.908. The number of rotatable bonds is 3. The average molecular weight is 380 g/mol. The lowest BCUT2D eigenvalue weighted by Crippen LogP contribution is -1.92. The monoisotopic (exact) mass is 379 g/mol. The van der Waals surface area contributed by atoms with Gasteiger partial charge in [-0.1, -0.05) is 42.0 Å². The number of nitrogens with zero attached hydrogens (tertiary/aromatic N) is 3. The molecule has 0 aliphatic rings. The molecule has 0 atom stereocenters. The van der Waals surface area contributed by atoms with Crippen molar-refractivity contribution < 1.29 is 0 Å². The minimum Gasteiger partial charge on any atom is -0.264 e. The number of hydrogen-bond acceptors (Lipinski definition) is 3. The van der Waals surface area contributed by atoms with E-state index in [0.29, 0.717) is 0 Å². The molecule has 0 saturated heterocycles. The van der Waals surface area contributed by atoms with Gasteiger partial charge in [-0.05, 0) is 62.7 Å². The second-order valence-electron chi connectivity index (χ2n) is 6.65. The van der Waals surface area contributed by atoms with E-state index in [9.17, 15) is 0 Å². The van der Waals surface area contributed by atoms with Gasteiger partial charge in [0.05, 0.1) is 11.4 Å². The summed E-state index contributed by atoms with van der Waals surface area (Å²) in [6.07, 6.45) is 11.3. The van der Waals surface area contributed by atoms with Gasteiger partial charge in [-0.2, -0.15) is 0 Å². The summed E-state index contributed by atoms with van der Waals surface area (Å²) in [4.78, 5) is 13.4. The van der Waals surface area contributed by atoms with Crippen LogP contribution < -0.4 is 0 Å². The summed E-state index contributed by atoms with van der Waals surface area (Å²) in [5.41, 5.74) is 7.35. The number of pyridine rings is 3. The Balaban J connectivity index is 0.000000552. The Morgan fingerprint density at radius 3 is 1.76 bits per heavy atom. The third-order valence-electron chi connectivity index (χ3n) is 4.42. The van der Waals surface area contributed by atoms with E-state index in [1.807, 2.05) is 56.6 Å². The smallest absolute Gasteiger partial charge is 0.0731 e. The van der Waals surface area contributed by atoms with Crippen molar-refractivity contribution in [1.82, 2.24) is 15.0 Å². The Labute approximate surface area is 172 Å². The zero-order chi connectivity index (χ0) is 20.5. The van der Waals surface area contributed by atoms with Crippen LogP contribution in [0.3, 0.4) is 0 Å².